The molecule has 4 nitrogen and oxygen atoms in total. The molecular weight excluding hydrogens is 216 g/mol. The van der Waals surface area contributed by atoms with Crippen LogP contribution in [0.4, 0.5) is 0 Å². The smallest absolute Gasteiger partial charge is 0.237 e. The molecule has 4 heteroatoms. The molecule has 0 bridgehead atoms. The normalized spacial score (nSPS) is 26.9. The minimum absolute atomic E-state index is 0.0698. The van der Waals surface area contributed by atoms with E-state index in [2.05, 4.69) is 10.6 Å². The molecule has 1 aliphatic rings. The van der Waals surface area contributed by atoms with Crippen molar-refractivity contribution in [1.82, 2.24) is 10.6 Å². The maximum absolute atomic E-state index is 11.8. The van der Waals surface area contributed by atoms with Crippen molar-refractivity contribution in [2.75, 3.05) is 7.11 Å². The highest BCUT2D eigenvalue weighted by Crippen LogP contribution is 2.21. The molecule has 0 radical (unpaired) electrons. The lowest BCUT2D eigenvalue weighted by atomic mass is 9.92. The Labute approximate surface area is 104 Å². The van der Waals surface area contributed by atoms with E-state index in [1.54, 1.807) is 7.11 Å². The lowest BCUT2D eigenvalue weighted by Gasteiger charge is -2.33. The van der Waals surface area contributed by atoms with Gasteiger partial charge in [-0.2, -0.15) is 0 Å². The van der Waals surface area contributed by atoms with Crippen LogP contribution in [0, 0.1) is 0 Å². The Morgan fingerprint density at radius 3 is 2.47 bits per heavy atom. The number of methoxy groups -OCH3 is 1. The molecule has 1 aliphatic carbocycles. The lowest BCUT2D eigenvalue weighted by molar-refractivity contribution is -0.123. The van der Waals surface area contributed by atoms with E-state index >= 15 is 0 Å². The van der Waals surface area contributed by atoms with Crippen LogP contribution >= 0.6 is 0 Å². The van der Waals surface area contributed by atoms with Gasteiger partial charge in [0, 0.05) is 19.2 Å². The fourth-order valence-corrected chi connectivity index (χ4v) is 2.38. The third kappa shape index (κ3) is 4.64. The van der Waals surface area contributed by atoms with E-state index < -0.39 is 0 Å². The number of ether oxygens (including phenoxy) is 1. The molecule has 1 amide bonds. The Balaban J connectivity index is 2.42. The van der Waals surface area contributed by atoms with E-state index in [4.69, 9.17) is 4.74 Å². The van der Waals surface area contributed by atoms with Crippen molar-refractivity contribution in [3.05, 3.63) is 0 Å². The molecule has 1 rings (SSSR count). The highest BCUT2D eigenvalue weighted by molar-refractivity contribution is 5.81. The van der Waals surface area contributed by atoms with Crippen LogP contribution in [0.3, 0.4) is 0 Å². The van der Waals surface area contributed by atoms with Crippen LogP contribution in [0.15, 0.2) is 0 Å². The molecule has 17 heavy (non-hydrogen) atoms. The van der Waals surface area contributed by atoms with Gasteiger partial charge in [-0.05, 0) is 33.6 Å². The highest BCUT2D eigenvalue weighted by Gasteiger charge is 2.27. The largest absolute Gasteiger partial charge is 0.380 e. The van der Waals surface area contributed by atoms with E-state index in [1.165, 1.54) is 12.8 Å². The van der Waals surface area contributed by atoms with Crippen LogP contribution in [0.5, 0.6) is 0 Å². The van der Waals surface area contributed by atoms with Crippen LogP contribution in [0.1, 0.15) is 46.5 Å². The number of hydrogen-bond donors (Lipinski definition) is 2. The molecule has 0 aromatic rings. The molecule has 2 N–H and O–H groups in total. The van der Waals surface area contributed by atoms with E-state index in [9.17, 15) is 4.79 Å². The Hall–Kier alpha value is -0.610. The van der Waals surface area contributed by atoms with E-state index in [-0.39, 0.29) is 24.1 Å². The van der Waals surface area contributed by atoms with Gasteiger partial charge in [-0.15, -0.1) is 0 Å². The highest BCUT2D eigenvalue weighted by atomic mass is 16.5. The monoisotopic (exact) mass is 242 g/mol. The standard InChI is InChI=1S/C13H26N2O2/c1-9(2)14-13(16)10(3)15-11-7-5-6-8-12(11)17-4/h9-12,15H,5-8H2,1-4H3,(H,14,16). The number of hydrogen-bond acceptors (Lipinski definition) is 3. The Kier molecular flexibility index (Phi) is 5.92. The molecule has 1 fully saturated rings. The molecule has 1 saturated carbocycles. The van der Waals surface area contributed by atoms with Crippen LogP contribution in [0.2, 0.25) is 0 Å². The first kappa shape index (κ1) is 14.5. The summed E-state index contributed by atoms with van der Waals surface area (Å²) in [6, 6.07) is 0.344. The van der Waals surface area contributed by atoms with E-state index in [0.717, 1.165) is 12.8 Å². The third-order valence-electron chi connectivity index (χ3n) is 3.29. The molecule has 0 aliphatic heterocycles. The van der Waals surface area contributed by atoms with Crippen LogP contribution in [-0.4, -0.2) is 37.2 Å². The van der Waals surface area contributed by atoms with E-state index in [1.807, 2.05) is 20.8 Å². The number of carbonyl (C=O) groups excluding carboxylic acids is 1. The molecule has 3 atom stereocenters. The van der Waals surface area contributed by atoms with Crippen molar-refractivity contribution in [3.63, 3.8) is 0 Å². The average Bonchev–Trinajstić information content (AvgIpc) is 2.28. The van der Waals surface area contributed by atoms with Crippen LogP contribution in [-0.2, 0) is 9.53 Å². The van der Waals surface area contributed by atoms with Gasteiger partial charge in [0.05, 0.1) is 12.1 Å². The summed E-state index contributed by atoms with van der Waals surface area (Å²) in [6.07, 6.45) is 4.88. The summed E-state index contributed by atoms with van der Waals surface area (Å²) < 4.78 is 5.47. The van der Waals surface area contributed by atoms with Crippen molar-refractivity contribution in [2.24, 2.45) is 0 Å². The quantitative estimate of drug-likeness (QED) is 0.767. The maximum atomic E-state index is 11.8. The summed E-state index contributed by atoms with van der Waals surface area (Å²) in [4.78, 5) is 11.8. The fourth-order valence-electron chi connectivity index (χ4n) is 2.38. The minimum atomic E-state index is -0.154. The van der Waals surface area contributed by atoms with Gasteiger partial charge in [0.15, 0.2) is 0 Å². The lowest BCUT2D eigenvalue weighted by Crippen LogP contribution is -2.52. The molecule has 0 heterocycles. The Morgan fingerprint density at radius 2 is 1.88 bits per heavy atom. The predicted molar refractivity (Wildman–Crippen MR) is 68.9 cm³/mol. The molecular formula is C13H26N2O2. The van der Waals surface area contributed by atoms with Crippen molar-refractivity contribution in [2.45, 2.75) is 70.7 Å². The molecule has 0 saturated heterocycles. The zero-order chi connectivity index (χ0) is 12.8. The maximum Gasteiger partial charge on any atom is 0.237 e. The predicted octanol–water partition coefficient (Wildman–Crippen LogP) is 1.45. The average molecular weight is 242 g/mol. The zero-order valence-corrected chi connectivity index (χ0v) is 11.5. The molecule has 0 aromatic carbocycles. The third-order valence-corrected chi connectivity index (χ3v) is 3.29. The first-order valence-corrected chi connectivity index (χ1v) is 6.63. The van der Waals surface area contributed by atoms with Crippen molar-refractivity contribution >= 4 is 5.91 Å². The SMILES string of the molecule is COC1CCCCC1NC(C)C(=O)NC(C)C. The second-order valence-electron chi connectivity index (χ2n) is 5.22. The fraction of sp³-hybridized carbons (Fsp3) is 0.923. The molecule has 100 valence electrons. The number of amides is 1. The summed E-state index contributed by atoms with van der Waals surface area (Å²) in [5.41, 5.74) is 0. The summed E-state index contributed by atoms with van der Waals surface area (Å²) in [5, 5.41) is 6.31. The number of carbonyl (C=O) groups is 1. The number of rotatable bonds is 5. The molecule has 3 unspecified atom stereocenters. The van der Waals surface area contributed by atoms with Gasteiger partial charge >= 0.3 is 0 Å². The van der Waals surface area contributed by atoms with Crippen LogP contribution < -0.4 is 10.6 Å². The van der Waals surface area contributed by atoms with Gasteiger partial charge in [0.1, 0.15) is 0 Å². The van der Waals surface area contributed by atoms with E-state index in [0.29, 0.717) is 6.04 Å². The first-order valence-electron chi connectivity index (χ1n) is 6.63. The summed E-state index contributed by atoms with van der Waals surface area (Å²) in [5.74, 6) is 0.0698. The topological polar surface area (TPSA) is 50.4 Å². The van der Waals surface area contributed by atoms with Crippen molar-refractivity contribution in [1.29, 1.82) is 0 Å². The van der Waals surface area contributed by atoms with Gasteiger partial charge in [-0.1, -0.05) is 12.8 Å². The minimum Gasteiger partial charge on any atom is -0.380 e. The first-order chi connectivity index (χ1) is 8.04. The van der Waals surface area contributed by atoms with Gasteiger partial charge in [0.2, 0.25) is 5.91 Å². The Bertz CT molecular complexity index is 244. The zero-order valence-electron chi connectivity index (χ0n) is 11.5. The number of nitrogens with one attached hydrogen (secondary N) is 2. The van der Waals surface area contributed by atoms with Gasteiger partial charge in [0.25, 0.3) is 0 Å². The van der Waals surface area contributed by atoms with Gasteiger partial charge in [-0.3, -0.25) is 4.79 Å². The van der Waals surface area contributed by atoms with Gasteiger partial charge < -0.3 is 15.4 Å². The second kappa shape index (κ2) is 6.97. The second-order valence-corrected chi connectivity index (χ2v) is 5.22. The molecule has 0 aromatic heterocycles. The van der Waals surface area contributed by atoms with Gasteiger partial charge in [-0.25, -0.2) is 0 Å². The van der Waals surface area contributed by atoms with Crippen molar-refractivity contribution in [3.8, 4) is 0 Å². The summed E-state index contributed by atoms with van der Waals surface area (Å²) in [7, 11) is 1.75. The summed E-state index contributed by atoms with van der Waals surface area (Å²) in [6.45, 7) is 5.87. The molecule has 0 spiro atoms. The Morgan fingerprint density at radius 1 is 1.24 bits per heavy atom. The van der Waals surface area contributed by atoms with Crippen LogP contribution in [0.25, 0.3) is 0 Å². The van der Waals surface area contributed by atoms with Crippen molar-refractivity contribution < 1.29 is 9.53 Å². The summed E-state index contributed by atoms with van der Waals surface area (Å²) >= 11 is 0.